The van der Waals surface area contributed by atoms with Crippen molar-refractivity contribution < 1.29 is 32.2 Å². The highest BCUT2D eigenvalue weighted by molar-refractivity contribution is 5.94. The second-order valence-electron chi connectivity index (χ2n) is 6.91. The highest BCUT2D eigenvalue weighted by atomic mass is 19.4. The molecule has 1 saturated heterocycles. The minimum absolute atomic E-state index is 0.0664. The van der Waals surface area contributed by atoms with Crippen LogP contribution in [0.2, 0.25) is 0 Å². The molecule has 2 amide bonds. The number of cyclic esters (lactones) is 1. The average molecular weight is 437 g/mol. The minimum atomic E-state index is -4.70. The van der Waals surface area contributed by atoms with Gasteiger partial charge in [-0.25, -0.2) is 9.78 Å². The van der Waals surface area contributed by atoms with Crippen LogP contribution < -0.4 is 15.4 Å². The van der Waals surface area contributed by atoms with Gasteiger partial charge in [-0.2, -0.15) is 18.2 Å². The number of hydrogen-bond donors (Lipinski definition) is 2. The second kappa shape index (κ2) is 8.28. The predicted molar refractivity (Wildman–Crippen MR) is 102 cm³/mol. The number of benzene rings is 1. The number of nitrogens with one attached hydrogen (secondary N) is 2. The van der Waals surface area contributed by atoms with Gasteiger partial charge in [-0.05, 0) is 30.2 Å². The zero-order valence-electron chi connectivity index (χ0n) is 16.2. The van der Waals surface area contributed by atoms with Gasteiger partial charge in [0.05, 0.1) is 13.1 Å². The lowest BCUT2D eigenvalue weighted by Gasteiger charge is -2.18. The fourth-order valence-corrected chi connectivity index (χ4v) is 3.20. The summed E-state index contributed by atoms with van der Waals surface area (Å²) in [4.78, 5) is 31.8. The third kappa shape index (κ3) is 4.78. The zero-order valence-corrected chi connectivity index (χ0v) is 16.2. The Balaban J connectivity index is 1.50. The van der Waals surface area contributed by atoms with Crippen molar-refractivity contribution in [3.63, 3.8) is 0 Å². The molecule has 0 atom stereocenters. The molecule has 1 fully saturated rings. The number of alkyl halides is 3. The first-order valence-electron chi connectivity index (χ1n) is 9.48. The fourth-order valence-electron chi connectivity index (χ4n) is 3.20. The van der Waals surface area contributed by atoms with Crippen molar-refractivity contribution in [2.45, 2.75) is 19.0 Å². The summed E-state index contributed by atoms with van der Waals surface area (Å²) in [7, 11) is 0. The third-order valence-electron chi connectivity index (χ3n) is 4.76. The highest BCUT2D eigenvalue weighted by Gasteiger charge is 2.36. The molecule has 0 saturated carbocycles. The summed E-state index contributed by atoms with van der Waals surface area (Å²) in [5.74, 6) is -0.783. The largest absolute Gasteiger partial charge is 0.475 e. The van der Waals surface area contributed by atoms with Crippen LogP contribution >= 0.6 is 0 Å². The van der Waals surface area contributed by atoms with E-state index in [-0.39, 0.29) is 31.6 Å². The first kappa shape index (κ1) is 20.7. The first-order chi connectivity index (χ1) is 14.8. The van der Waals surface area contributed by atoms with Crippen molar-refractivity contribution in [3.8, 4) is 5.88 Å². The Morgan fingerprint density at radius 2 is 2.10 bits per heavy atom. The first-order valence-corrected chi connectivity index (χ1v) is 9.48. The molecular weight excluding hydrogens is 419 g/mol. The van der Waals surface area contributed by atoms with Crippen molar-refractivity contribution in [1.29, 1.82) is 0 Å². The van der Waals surface area contributed by atoms with Gasteiger partial charge in [0.1, 0.15) is 18.8 Å². The summed E-state index contributed by atoms with van der Waals surface area (Å²) < 4.78 is 50.0. The van der Waals surface area contributed by atoms with Crippen molar-refractivity contribution >= 4 is 29.3 Å². The molecule has 2 N–H and O–H groups in total. The van der Waals surface area contributed by atoms with Crippen LogP contribution in [0.25, 0.3) is 0 Å². The van der Waals surface area contributed by atoms with Gasteiger partial charge in [-0.1, -0.05) is 0 Å². The molecule has 2 aliphatic heterocycles. The summed E-state index contributed by atoms with van der Waals surface area (Å²) in [6.07, 6.45) is -3.68. The number of carbonyl (C=O) groups is 2. The van der Waals surface area contributed by atoms with E-state index in [1.807, 2.05) is 0 Å². The van der Waals surface area contributed by atoms with Crippen LogP contribution in [-0.2, 0) is 22.1 Å². The van der Waals surface area contributed by atoms with Crippen molar-refractivity contribution in [2.75, 3.05) is 36.9 Å². The summed E-state index contributed by atoms with van der Waals surface area (Å²) in [5, 5.41) is 5.61. The molecule has 2 aromatic rings. The number of aryl methyl sites for hydroxylation is 1. The number of ether oxygens (including phenoxy) is 2. The van der Waals surface area contributed by atoms with Gasteiger partial charge in [0.15, 0.2) is 0 Å². The van der Waals surface area contributed by atoms with Gasteiger partial charge in [0.2, 0.25) is 17.7 Å². The normalized spacial score (nSPS) is 15.9. The van der Waals surface area contributed by atoms with Crippen LogP contribution in [-0.4, -0.2) is 53.2 Å². The van der Waals surface area contributed by atoms with Gasteiger partial charge in [-0.3, -0.25) is 4.79 Å². The Morgan fingerprint density at radius 3 is 2.84 bits per heavy atom. The van der Waals surface area contributed by atoms with E-state index >= 15 is 0 Å². The van der Waals surface area contributed by atoms with E-state index in [2.05, 4.69) is 20.6 Å². The molecule has 4 rings (SSSR count). The Labute approximate surface area is 174 Å². The van der Waals surface area contributed by atoms with Crippen LogP contribution in [0.4, 0.5) is 35.3 Å². The van der Waals surface area contributed by atoms with E-state index < -0.39 is 23.7 Å². The molecule has 9 nitrogen and oxygen atoms in total. The zero-order chi connectivity index (χ0) is 22.0. The maximum Gasteiger partial charge on any atom is 0.423 e. The molecule has 1 aromatic heterocycles. The van der Waals surface area contributed by atoms with E-state index in [0.29, 0.717) is 37.0 Å². The molecule has 0 bridgehead atoms. The lowest BCUT2D eigenvalue weighted by atomic mass is 10.0. The SMILES string of the molecule is O=C1CCc2cc(Nc3ncc(C(F)(F)F)c(OCCN4CCOC4=O)n3)ccc2N1. The molecule has 164 valence electrons. The van der Waals surface area contributed by atoms with Gasteiger partial charge >= 0.3 is 12.3 Å². The topological polar surface area (TPSA) is 106 Å². The quantitative estimate of drug-likeness (QED) is 0.716. The summed E-state index contributed by atoms with van der Waals surface area (Å²) >= 11 is 0. The highest BCUT2D eigenvalue weighted by Crippen LogP contribution is 2.35. The Hall–Kier alpha value is -3.57. The predicted octanol–water partition coefficient (Wildman–Crippen LogP) is 2.95. The fraction of sp³-hybridized carbons (Fsp3) is 0.368. The number of amides is 2. The van der Waals surface area contributed by atoms with E-state index in [4.69, 9.17) is 9.47 Å². The molecule has 3 heterocycles. The van der Waals surface area contributed by atoms with Crippen LogP contribution in [0.5, 0.6) is 5.88 Å². The van der Waals surface area contributed by atoms with Crippen LogP contribution in [0.3, 0.4) is 0 Å². The number of anilines is 3. The number of fused-ring (bicyclic) bond motifs is 1. The summed E-state index contributed by atoms with van der Waals surface area (Å²) in [6.45, 7) is 0.467. The molecule has 2 aliphatic rings. The summed E-state index contributed by atoms with van der Waals surface area (Å²) in [6, 6.07) is 5.13. The number of aromatic nitrogens is 2. The molecular formula is C19H18F3N5O4. The minimum Gasteiger partial charge on any atom is -0.475 e. The van der Waals surface area contributed by atoms with E-state index in [1.165, 1.54) is 4.90 Å². The summed E-state index contributed by atoms with van der Waals surface area (Å²) in [5.41, 5.74) is 1.03. The molecule has 1 aromatic carbocycles. The monoisotopic (exact) mass is 437 g/mol. The van der Waals surface area contributed by atoms with Crippen LogP contribution in [0, 0.1) is 0 Å². The Kier molecular flexibility index (Phi) is 5.53. The molecule has 31 heavy (non-hydrogen) atoms. The standard InChI is InChI=1S/C19H18F3N5O4/c20-19(21,22)13-10-23-17(26-16(13)30-7-5-27-6-8-31-18(27)29)24-12-2-3-14-11(9-12)1-4-15(28)25-14/h2-3,9-10H,1,4-8H2,(H,25,28)(H,23,24,26). The number of rotatable bonds is 6. The maximum absolute atomic E-state index is 13.3. The number of nitrogens with zero attached hydrogens (tertiary/aromatic N) is 3. The average Bonchev–Trinajstić information content (AvgIpc) is 3.12. The lowest BCUT2D eigenvalue weighted by molar-refractivity contribution is -0.139. The Morgan fingerprint density at radius 1 is 1.26 bits per heavy atom. The molecule has 0 spiro atoms. The molecule has 0 aliphatic carbocycles. The maximum atomic E-state index is 13.3. The van der Waals surface area contributed by atoms with Crippen LogP contribution in [0.1, 0.15) is 17.5 Å². The third-order valence-corrected chi connectivity index (χ3v) is 4.76. The van der Waals surface area contributed by atoms with Crippen molar-refractivity contribution in [1.82, 2.24) is 14.9 Å². The number of halogens is 3. The molecule has 0 unspecified atom stereocenters. The van der Waals surface area contributed by atoms with E-state index in [9.17, 15) is 22.8 Å². The van der Waals surface area contributed by atoms with Crippen molar-refractivity contribution in [2.24, 2.45) is 0 Å². The smallest absolute Gasteiger partial charge is 0.423 e. The number of carbonyl (C=O) groups excluding carboxylic acids is 2. The van der Waals surface area contributed by atoms with Gasteiger partial charge < -0.3 is 25.0 Å². The lowest BCUT2D eigenvalue weighted by Crippen LogP contribution is -2.29. The van der Waals surface area contributed by atoms with Gasteiger partial charge in [0, 0.05) is 24.0 Å². The van der Waals surface area contributed by atoms with Gasteiger partial charge in [0.25, 0.3) is 0 Å². The van der Waals surface area contributed by atoms with Crippen LogP contribution in [0.15, 0.2) is 24.4 Å². The Bertz CT molecular complexity index is 1010. The van der Waals surface area contributed by atoms with E-state index in [1.54, 1.807) is 18.2 Å². The van der Waals surface area contributed by atoms with E-state index in [0.717, 1.165) is 5.56 Å². The van der Waals surface area contributed by atoms with Gasteiger partial charge in [-0.15, -0.1) is 0 Å². The molecule has 12 heteroatoms. The second-order valence-corrected chi connectivity index (χ2v) is 6.91. The van der Waals surface area contributed by atoms with Crippen molar-refractivity contribution in [3.05, 3.63) is 35.5 Å². The number of hydrogen-bond acceptors (Lipinski definition) is 7. The molecule has 0 radical (unpaired) electrons.